The van der Waals surface area contributed by atoms with Crippen LogP contribution < -0.4 is 14.2 Å². The Morgan fingerprint density at radius 1 is 0.645 bits per heavy atom. The fourth-order valence-corrected chi connectivity index (χ4v) is 2.58. The van der Waals surface area contributed by atoms with Crippen LogP contribution in [0.4, 0.5) is 13.2 Å². The first kappa shape index (κ1) is 21.9. The minimum atomic E-state index is -0.867. The topological polar surface area (TPSA) is 88.4 Å². The molecule has 31 heavy (non-hydrogen) atoms. The monoisotopic (exact) mass is 436 g/mol. The zero-order valence-corrected chi connectivity index (χ0v) is 16.1. The molecular formula is C22H19F3O6. The summed E-state index contributed by atoms with van der Waals surface area (Å²) in [6, 6.07) is 10.6. The SMILES string of the molecule is Oc1ccc(OCCC(COc2ccc(O)c(F)c2)Oc2ccc(O)c(F)c2)cc1F. The highest BCUT2D eigenvalue weighted by Crippen LogP contribution is 2.25. The summed E-state index contributed by atoms with van der Waals surface area (Å²) in [5, 5.41) is 27.8. The van der Waals surface area contributed by atoms with Crippen LogP contribution in [0.15, 0.2) is 54.6 Å². The average molecular weight is 436 g/mol. The summed E-state index contributed by atoms with van der Waals surface area (Å²) >= 11 is 0. The minimum absolute atomic E-state index is 0.0583. The summed E-state index contributed by atoms with van der Waals surface area (Å²) in [7, 11) is 0. The minimum Gasteiger partial charge on any atom is -0.505 e. The Balaban J connectivity index is 1.65. The molecule has 0 aliphatic carbocycles. The molecule has 164 valence electrons. The van der Waals surface area contributed by atoms with Crippen LogP contribution in [0.25, 0.3) is 0 Å². The van der Waals surface area contributed by atoms with Crippen molar-refractivity contribution in [2.75, 3.05) is 13.2 Å². The summed E-state index contributed by atoms with van der Waals surface area (Å²) in [5.41, 5.74) is 0. The Hall–Kier alpha value is -3.75. The van der Waals surface area contributed by atoms with E-state index in [-0.39, 0.29) is 36.9 Å². The summed E-state index contributed by atoms with van der Waals surface area (Å²) in [4.78, 5) is 0. The van der Waals surface area contributed by atoms with Crippen LogP contribution in [-0.2, 0) is 0 Å². The van der Waals surface area contributed by atoms with E-state index in [2.05, 4.69) is 0 Å². The standard InChI is InChI=1S/C22H19F3O6/c23-17-9-13(1-4-20(17)26)29-8-7-16(31-15-3-6-22(28)19(25)11-15)12-30-14-2-5-21(27)18(24)10-14/h1-6,9-11,16,26-28H,7-8,12H2. The van der Waals surface area contributed by atoms with Gasteiger partial charge in [0.25, 0.3) is 0 Å². The number of ether oxygens (including phenoxy) is 3. The van der Waals surface area contributed by atoms with E-state index in [1.54, 1.807) is 0 Å². The number of halogens is 3. The maximum Gasteiger partial charge on any atom is 0.168 e. The Morgan fingerprint density at radius 2 is 1.10 bits per heavy atom. The predicted octanol–water partition coefficient (Wildman–Crippen LogP) is 4.52. The molecule has 0 amide bonds. The molecule has 0 bridgehead atoms. The van der Waals surface area contributed by atoms with Gasteiger partial charge in [0.1, 0.15) is 30.0 Å². The number of hydrogen-bond donors (Lipinski definition) is 3. The van der Waals surface area contributed by atoms with E-state index in [9.17, 15) is 28.5 Å². The molecule has 0 aromatic heterocycles. The summed E-state index contributed by atoms with van der Waals surface area (Å²) < 4.78 is 57.1. The van der Waals surface area contributed by atoms with E-state index in [0.29, 0.717) is 0 Å². The average Bonchev–Trinajstić information content (AvgIpc) is 2.74. The molecule has 3 aromatic carbocycles. The first-order valence-corrected chi connectivity index (χ1v) is 9.19. The number of rotatable bonds is 9. The maximum absolute atomic E-state index is 13.6. The maximum atomic E-state index is 13.6. The van der Waals surface area contributed by atoms with Crippen LogP contribution in [0.2, 0.25) is 0 Å². The van der Waals surface area contributed by atoms with E-state index >= 15 is 0 Å². The van der Waals surface area contributed by atoms with Gasteiger partial charge in [-0.3, -0.25) is 0 Å². The van der Waals surface area contributed by atoms with Crippen LogP contribution >= 0.6 is 0 Å². The van der Waals surface area contributed by atoms with Crippen molar-refractivity contribution in [2.45, 2.75) is 12.5 Å². The van der Waals surface area contributed by atoms with Gasteiger partial charge in [0.2, 0.25) is 0 Å². The number of benzene rings is 3. The molecule has 3 rings (SSSR count). The normalized spacial score (nSPS) is 11.7. The molecule has 0 saturated heterocycles. The number of phenolic OH excluding ortho intramolecular Hbond substituents is 3. The van der Waals surface area contributed by atoms with Gasteiger partial charge in [-0.15, -0.1) is 0 Å². The van der Waals surface area contributed by atoms with Gasteiger partial charge >= 0.3 is 0 Å². The molecule has 0 aliphatic rings. The highest BCUT2D eigenvalue weighted by molar-refractivity contribution is 5.34. The van der Waals surface area contributed by atoms with Crippen molar-refractivity contribution >= 4 is 0 Å². The Labute approximate surface area is 175 Å². The van der Waals surface area contributed by atoms with Crippen LogP contribution in [0.5, 0.6) is 34.5 Å². The third kappa shape index (κ3) is 6.11. The molecule has 0 saturated carbocycles. The Morgan fingerprint density at radius 3 is 1.61 bits per heavy atom. The van der Waals surface area contributed by atoms with Crippen molar-refractivity contribution in [2.24, 2.45) is 0 Å². The molecule has 3 N–H and O–H groups in total. The lowest BCUT2D eigenvalue weighted by molar-refractivity contribution is 0.104. The lowest BCUT2D eigenvalue weighted by Gasteiger charge is -2.20. The van der Waals surface area contributed by atoms with Crippen molar-refractivity contribution in [3.8, 4) is 34.5 Å². The van der Waals surface area contributed by atoms with Crippen molar-refractivity contribution in [3.05, 3.63) is 72.0 Å². The second kappa shape index (κ2) is 9.84. The van der Waals surface area contributed by atoms with Gasteiger partial charge in [0.15, 0.2) is 34.7 Å². The molecule has 0 fully saturated rings. The van der Waals surface area contributed by atoms with Crippen LogP contribution in [0.3, 0.4) is 0 Å². The van der Waals surface area contributed by atoms with E-state index < -0.39 is 40.8 Å². The Kier molecular flexibility index (Phi) is 6.96. The lowest BCUT2D eigenvalue weighted by Crippen LogP contribution is -2.27. The molecule has 3 aromatic rings. The van der Waals surface area contributed by atoms with Crippen molar-refractivity contribution in [1.29, 1.82) is 0 Å². The molecule has 6 nitrogen and oxygen atoms in total. The van der Waals surface area contributed by atoms with Crippen LogP contribution in [0.1, 0.15) is 6.42 Å². The first-order chi connectivity index (χ1) is 14.8. The van der Waals surface area contributed by atoms with Crippen molar-refractivity contribution < 1.29 is 42.7 Å². The van der Waals surface area contributed by atoms with Gasteiger partial charge in [0, 0.05) is 24.6 Å². The van der Waals surface area contributed by atoms with E-state index in [4.69, 9.17) is 14.2 Å². The summed E-state index contributed by atoms with van der Waals surface area (Å²) in [6.07, 6.45) is -0.478. The van der Waals surface area contributed by atoms with Gasteiger partial charge in [-0.05, 0) is 36.4 Å². The fraction of sp³-hybridized carbons (Fsp3) is 0.182. The molecule has 1 unspecified atom stereocenters. The smallest absolute Gasteiger partial charge is 0.168 e. The summed E-state index contributed by atoms with van der Waals surface area (Å²) in [5.74, 6) is -3.65. The summed E-state index contributed by atoms with van der Waals surface area (Å²) in [6.45, 7) is -0.0250. The highest BCUT2D eigenvalue weighted by Gasteiger charge is 2.15. The van der Waals surface area contributed by atoms with E-state index in [1.165, 1.54) is 18.2 Å². The third-order valence-corrected chi connectivity index (χ3v) is 4.20. The largest absolute Gasteiger partial charge is 0.505 e. The van der Waals surface area contributed by atoms with Crippen molar-refractivity contribution in [3.63, 3.8) is 0 Å². The quantitative estimate of drug-likeness (QED) is 0.457. The molecule has 0 aliphatic heterocycles. The van der Waals surface area contributed by atoms with Gasteiger partial charge in [-0.1, -0.05) is 0 Å². The van der Waals surface area contributed by atoms with Gasteiger partial charge in [-0.25, -0.2) is 13.2 Å². The van der Waals surface area contributed by atoms with Crippen LogP contribution in [0, 0.1) is 17.5 Å². The molecule has 0 heterocycles. The molecule has 0 radical (unpaired) electrons. The third-order valence-electron chi connectivity index (χ3n) is 4.20. The van der Waals surface area contributed by atoms with Gasteiger partial charge < -0.3 is 29.5 Å². The zero-order valence-electron chi connectivity index (χ0n) is 16.1. The second-order valence-corrected chi connectivity index (χ2v) is 6.53. The fourth-order valence-electron chi connectivity index (χ4n) is 2.58. The lowest BCUT2D eigenvalue weighted by atomic mass is 10.2. The zero-order chi connectivity index (χ0) is 22.4. The van der Waals surface area contributed by atoms with Gasteiger partial charge in [0.05, 0.1) is 6.61 Å². The van der Waals surface area contributed by atoms with Crippen LogP contribution in [-0.4, -0.2) is 34.6 Å². The second-order valence-electron chi connectivity index (χ2n) is 6.53. The van der Waals surface area contributed by atoms with Gasteiger partial charge in [-0.2, -0.15) is 0 Å². The number of aromatic hydroxyl groups is 3. The number of hydrogen-bond acceptors (Lipinski definition) is 6. The number of phenols is 3. The van der Waals surface area contributed by atoms with E-state index in [1.807, 2.05) is 0 Å². The van der Waals surface area contributed by atoms with Crippen molar-refractivity contribution in [1.82, 2.24) is 0 Å². The predicted molar refractivity (Wildman–Crippen MR) is 104 cm³/mol. The molecular weight excluding hydrogens is 417 g/mol. The highest BCUT2D eigenvalue weighted by atomic mass is 19.1. The molecule has 0 spiro atoms. The molecule has 1 atom stereocenters. The Bertz CT molecular complexity index is 1040. The van der Waals surface area contributed by atoms with E-state index in [0.717, 1.165) is 36.4 Å². The first-order valence-electron chi connectivity index (χ1n) is 9.19. The molecule has 9 heteroatoms.